The van der Waals surface area contributed by atoms with Gasteiger partial charge in [-0.15, -0.1) is 0 Å². The van der Waals surface area contributed by atoms with Gasteiger partial charge in [0, 0.05) is 11.4 Å². The van der Waals surface area contributed by atoms with Crippen molar-refractivity contribution in [2.45, 2.75) is 20.3 Å². The predicted molar refractivity (Wildman–Crippen MR) is 79.6 cm³/mol. The molecule has 0 unspecified atom stereocenters. The van der Waals surface area contributed by atoms with Crippen LogP contribution in [0.4, 0.5) is 20.6 Å². The van der Waals surface area contributed by atoms with Gasteiger partial charge in [0.15, 0.2) is 0 Å². The molecular weight excluding hydrogens is 255 g/mol. The molecule has 104 valence electrons. The smallest absolute Gasteiger partial charge is 0.308 e. The third kappa shape index (κ3) is 3.57. The summed E-state index contributed by atoms with van der Waals surface area (Å²) >= 11 is 0. The number of aryl methyl sites for hydroxylation is 2. The molecule has 0 radical (unpaired) electrons. The third-order valence-electron chi connectivity index (χ3n) is 3.07. The highest BCUT2D eigenvalue weighted by atomic mass is 19.1. The van der Waals surface area contributed by atoms with Crippen molar-refractivity contribution < 1.29 is 9.18 Å². The lowest BCUT2D eigenvalue weighted by molar-refractivity contribution is 0.262. The number of carbonyl (C=O) groups excluding carboxylic acids is 1. The van der Waals surface area contributed by atoms with E-state index in [-0.39, 0.29) is 11.8 Å². The molecule has 20 heavy (non-hydrogen) atoms. The largest absolute Gasteiger partial charge is 0.323 e. The van der Waals surface area contributed by atoms with Gasteiger partial charge in [0.05, 0.1) is 0 Å². The Labute approximate surface area is 117 Å². The van der Waals surface area contributed by atoms with Crippen LogP contribution in [0.25, 0.3) is 0 Å². The minimum Gasteiger partial charge on any atom is -0.308 e. The number of carbonyl (C=O) groups is 1. The van der Waals surface area contributed by atoms with E-state index in [0.29, 0.717) is 11.4 Å². The molecule has 0 atom stereocenters. The molecule has 0 spiro atoms. The van der Waals surface area contributed by atoms with Crippen molar-refractivity contribution in [3.05, 3.63) is 59.4 Å². The number of hydrogen-bond acceptors (Lipinski definition) is 1. The second-order valence-corrected chi connectivity index (χ2v) is 4.59. The zero-order valence-electron chi connectivity index (χ0n) is 11.5. The zero-order valence-corrected chi connectivity index (χ0v) is 11.5. The van der Waals surface area contributed by atoms with E-state index in [0.717, 1.165) is 12.0 Å². The summed E-state index contributed by atoms with van der Waals surface area (Å²) in [5.41, 5.74) is 3.18. The first-order valence-electron chi connectivity index (χ1n) is 6.51. The van der Waals surface area contributed by atoms with Gasteiger partial charge in [-0.3, -0.25) is 0 Å². The number of benzene rings is 2. The molecular formula is C16H17FN2O. The molecule has 0 heterocycles. The first-order chi connectivity index (χ1) is 9.58. The molecule has 2 aromatic carbocycles. The average molecular weight is 272 g/mol. The second-order valence-electron chi connectivity index (χ2n) is 4.59. The van der Waals surface area contributed by atoms with E-state index in [4.69, 9.17) is 0 Å². The van der Waals surface area contributed by atoms with E-state index in [2.05, 4.69) is 17.6 Å². The van der Waals surface area contributed by atoms with Gasteiger partial charge in [-0.05, 0) is 48.7 Å². The van der Waals surface area contributed by atoms with Crippen LogP contribution in [0.5, 0.6) is 0 Å². The van der Waals surface area contributed by atoms with Crippen LogP contribution in [0.1, 0.15) is 18.1 Å². The van der Waals surface area contributed by atoms with Crippen LogP contribution in [0.15, 0.2) is 42.5 Å². The van der Waals surface area contributed by atoms with Crippen molar-refractivity contribution >= 4 is 17.4 Å². The topological polar surface area (TPSA) is 41.1 Å². The highest BCUT2D eigenvalue weighted by Crippen LogP contribution is 2.17. The lowest BCUT2D eigenvalue weighted by atomic mass is 10.1. The molecule has 0 aliphatic rings. The van der Waals surface area contributed by atoms with E-state index in [1.807, 2.05) is 31.2 Å². The van der Waals surface area contributed by atoms with E-state index in [1.54, 1.807) is 6.07 Å². The molecule has 4 heteroatoms. The Morgan fingerprint density at radius 2 is 1.80 bits per heavy atom. The quantitative estimate of drug-likeness (QED) is 0.857. The van der Waals surface area contributed by atoms with Crippen molar-refractivity contribution in [1.29, 1.82) is 0 Å². The van der Waals surface area contributed by atoms with Crippen molar-refractivity contribution in [2.24, 2.45) is 0 Å². The predicted octanol–water partition coefficient (Wildman–Crippen LogP) is 4.34. The van der Waals surface area contributed by atoms with Gasteiger partial charge in [0.1, 0.15) is 5.82 Å². The third-order valence-corrected chi connectivity index (χ3v) is 3.07. The van der Waals surface area contributed by atoms with Gasteiger partial charge in [0.25, 0.3) is 0 Å². The maximum atomic E-state index is 13.1. The Kier molecular flexibility index (Phi) is 4.35. The summed E-state index contributed by atoms with van der Waals surface area (Å²) in [6.07, 6.45) is 0.953. The molecule has 0 fully saturated rings. The molecule has 3 nitrogen and oxygen atoms in total. The first-order valence-corrected chi connectivity index (χ1v) is 6.51. The second kappa shape index (κ2) is 6.19. The van der Waals surface area contributed by atoms with E-state index >= 15 is 0 Å². The molecule has 0 saturated heterocycles. The average Bonchev–Trinajstić information content (AvgIpc) is 2.43. The van der Waals surface area contributed by atoms with Crippen LogP contribution in [0.2, 0.25) is 0 Å². The zero-order chi connectivity index (χ0) is 14.5. The number of urea groups is 1. The van der Waals surface area contributed by atoms with Gasteiger partial charge in [-0.1, -0.05) is 25.1 Å². The van der Waals surface area contributed by atoms with Crippen molar-refractivity contribution in [2.75, 3.05) is 10.6 Å². The standard InChI is InChI=1S/C16H17FN2O/c1-3-12-5-8-14(9-6-12)18-16(20)19-15-10-13(17)7-4-11(15)2/h4-10H,3H2,1-2H3,(H2,18,19,20). The molecule has 2 amide bonds. The van der Waals surface area contributed by atoms with E-state index in [9.17, 15) is 9.18 Å². The minimum atomic E-state index is -0.386. The van der Waals surface area contributed by atoms with Crippen LogP contribution in [-0.2, 0) is 6.42 Å². The lowest BCUT2D eigenvalue weighted by Crippen LogP contribution is -2.20. The molecule has 2 rings (SSSR count). The maximum Gasteiger partial charge on any atom is 0.323 e. The summed E-state index contributed by atoms with van der Waals surface area (Å²) in [6, 6.07) is 11.5. The number of anilines is 2. The van der Waals surface area contributed by atoms with Gasteiger partial charge in [-0.25, -0.2) is 9.18 Å². The number of nitrogens with one attached hydrogen (secondary N) is 2. The van der Waals surface area contributed by atoms with Gasteiger partial charge in [-0.2, -0.15) is 0 Å². The fourth-order valence-corrected chi connectivity index (χ4v) is 1.84. The number of amides is 2. The van der Waals surface area contributed by atoms with Gasteiger partial charge < -0.3 is 10.6 Å². The highest BCUT2D eigenvalue weighted by molar-refractivity contribution is 6.00. The number of halogens is 1. The van der Waals surface area contributed by atoms with Crippen LogP contribution in [0, 0.1) is 12.7 Å². The highest BCUT2D eigenvalue weighted by Gasteiger charge is 2.06. The van der Waals surface area contributed by atoms with Crippen molar-refractivity contribution in [1.82, 2.24) is 0 Å². The monoisotopic (exact) mass is 272 g/mol. The Bertz CT molecular complexity index is 608. The normalized spacial score (nSPS) is 10.2. The fraction of sp³-hybridized carbons (Fsp3) is 0.188. The lowest BCUT2D eigenvalue weighted by Gasteiger charge is -2.10. The molecule has 0 bridgehead atoms. The maximum absolute atomic E-state index is 13.1. The fourth-order valence-electron chi connectivity index (χ4n) is 1.84. The number of rotatable bonds is 3. The summed E-state index contributed by atoms with van der Waals surface area (Å²) in [5.74, 6) is -0.377. The summed E-state index contributed by atoms with van der Waals surface area (Å²) in [7, 11) is 0. The van der Waals surface area contributed by atoms with Crippen LogP contribution in [-0.4, -0.2) is 6.03 Å². The summed E-state index contributed by atoms with van der Waals surface area (Å²) in [6.45, 7) is 3.88. The van der Waals surface area contributed by atoms with Gasteiger partial charge >= 0.3 is 6.03 Å². The molecule has 0 aliphatic carbocycles. The number of hydrogen-bond donors (Lipinski definition) is 2. The van der Waals surface area contributed by atoms with Crippen molar-refractivity contribution in [3.8, 4) is 0 Å². The SMILES string of the molecule is CCc1ccc(NC(=O)Nc2cc(F)ccc2C)cc1. The Hall–Kier alpha value is -2.36. The molecule has 2 N–H and O–H groups in total. The van der Waals surface area contributed by atoms with E-state index in [1.165, 1.54) is 17.7 Å². The Morgan fingerprint density at radius 1 is 1.10 bits per heavy atom. The van der Waals surface area contributed by atoms with Crippen molar-refractivity contribution in [3.63, 3.8) is 0 Å². The van der Waals surface area contributed by atoms with Crippen LogP contribution in [0.3, 0.4) is 0 Å². The molecule has 2 aromatic rings. The molecule has 0 saturated carbocycles. The summed E-state index contributed by atoms with van der Waals surface area (Å²) < 4.78 is 13.1. The van der Waals surface area contributed by atoms with E-state index < -0.39 is 0 Å². The Morgan fingerprint density at radius 3 is 2.45 bits per heavy atom. The Balaban J connectivity index is 2.03. The summed E-state index contributed by atoms with van der Waals surface area (Å²) in [4.78, 5) is 11.9. The van der Waals surface area contributed by atoms with Crippen LogP contribution < -0.4 is 10.6 Å². The first kappa shape index (κ1) is 14.1. The summed E-state index contributed by atoms with van der Waals surface area (Å²) in [5, 5.41) is 5.35. The van der Waals surface area contributed by atoms with Gasteiger partial charge in [0.2, 0.25) is 0 Å². The molecule has 0 aromatic heterocycles. The molecule has 0 aliphatic heterocycles. The minimum absolute atomic E-state index is 0.377. The van der Waals surface area contributed by atoms with Crippen LogP contribution >= 0.6 is 0 Å².